The Hall–Kier alpha value is -1.92. The zero-order valence-corrected chi connectivity index (χ0v) is 10.7. The summed E-state index contributed by atoms with van der Waals surface area (Å²) in [6, 6.07) is 9.60. The summed E-state index contributed by atoms with van der Waals surface area (Å²) < 4.78 is 10.2. The molecular formula is C13H16N2O4. The third-order valence-electron chi connectivity index (χ3n) is 2.51. The van der Waals surface area contributed by atoms with Crippen molar-refractivity contribution in [2.24, 2.45) is 5.10 Å². The molecule has 0 saturated heterocycles. The first-order valence-electron chi connectivity index (χ1n) is 5.95. The predicted octanol–water partition coefficient (Wildman–Crippen LogP) is 0.714. The lowest BCUT2D eigenvalue weighted by Gasteiger charge is -2.15. The predicted molar refractivity (Wildman–Crippen MR) is 68.0 cm³/mol. The van der Waals surface area contributed by atoms with Crippen LogP contribution in [0.5, 0.6) is 0 Å². The molecule has 102 valence electrons. The Kier molecular flexibility index (Phi) is 4.48. The van der Waals surface area contributed by atoms with Crippen molar-refractivity contribution in [1.82, 2.24) is 5.01 Å². The number of rotatable bonds is 6. The summed E-state index contributed by atoms with van der Waals surface area (Å²) in [5, 5.41) is 14.5. The summed E-state index contributed by atoms with van der Waals surface area (Å²) in [6.07, 6.45) is -1.18. The van der Waals surface area contributed by atoms with Gasteiger partial charge in [-0.3, -0.25) is 4.79 Å². The van der Waals surface area contributed by atoms with Crippen LogP contribution in [-0.4, -0.2) is 41.4 Å². The van der Waals surface area contributed by atoms with Gasteiger partial charge in [0.2, 0.25) is 5.90 Å². The summed E-state index contributed by atoms with van der Waals surface area (Å²) in [6.45, 7) is 1.94. The van der Waals surface area contributed by atoms with Crippen LogP contribution in [0, 0.1) is 0 Å². The quantitative estimate of drug-likeness (QED) is 0.819. The first kappa shape index (κ1) is 13.5. The van der Waals surface area contributed by atoms with Crippen molar-refractivity contribution in [3.8, 4) is 0 Å². The van der Waals surface area contributed by atoms with E-state index in [2.05, 4.69) is 5.10 Å². The molecule has 1 aromatic carbocycles. The van der Waals surface area contributed by atoms with Gasteiger partial charge in [0, 0.05) is 6.92 Å². The number of hydrazone groups is 1. The molecule has 6 heteroatoms. The first-order chi connectivity index (χ1) is 9.15. The lowest BCUT2D eigenvalue weighted by atomic mass is 10.2. The Morgan fingerprint density at radius 2 is 2.21 bits per heavy atom. The van der Waals surface area contributed by atoms with Gasteiger partial charge in [0.1, 0.15) is 13.2 Å². The largest absolute Gasteiger partial charge is 0.431 e. The van der Waals surface area contributed by atoms with Crippen molar-refractivity contribution in [3.63, 3.8) is 0 Å². The van der Waals surface area contributed by atoms with Gasteiger partial charge in [-0.1, -0.05) is 30.3 Å². The molecule has 1 aliphatic heterocycles. The van der Waals surface area contributed by atoms with Crippen molar-refractivity contribution in [1.29, 1.82) is 0 Å². The Bertz CT molecular complexity index is 461. The summed E-state index contributed by atoms with van der Waals surface area (Å²) in [4.78, 5) is 11.6. The van der Waals surface area contributed by atoms with Crippen LogP contribution in [-0.2, 0) is 20.9 Å². The monoisotopic (exact) mass is 264 g/mol. The maximum atomic E-state index is 11.6. The third-order valence-corrected chi connectivity index (χ3v) is 2.51. The molecule has 2 rings (SSSR count). The summed E-state index contributed by atoms with van der Waals surface area (Å²) >= 11 is 0. The topological polar surface area (TPSA) is 71.4 Å². The van der Waals surface area contributed by atoms with E-state index in [1.807, 2.05) is 30.3 Å². The molecule has 0 aliphatic carbocycles. The molecule has 19 heavy (non-hydrogen) atoms. The molecule has 0 saturated carbocycles. The molecule has 0 radical (unpaired) electrons. The second-order valence-electron chi connectivity index (χ2n) is 4.18. The minimum atomic E-state index is -1.18. The van der Waals surface area contributed by atoms with E-state index in [0.29, 0.717) is 12.5 Å². The number of ketones is 1. The first-order valence-corrected chi connectivity index (χ1v) is 5.95. The van der Waals surface area contributed by atoms with Crippen LogP contribution in [0.4, 0.5) is 0 Å². The zero-order valence-electron chi connectivity index (χ0n) is 10.7. The van der Waals surface area contributed by atoms with Crippen LogP contribution in [0.2, 0.25) is 0 Å². The minimum absolute atomic E-state index is 0.0211. The Morgan fingerprint density at radius 1 is 1.47 bits per heavy atom. The van der Waals surface area contributed by atoms with E-state index in [0.717, 1.165) is 5.56 Å². The molecule has 0 amide bonds. The molecule has 0 bridgehead atoms. The molecule has 1 unspecified atom stereocenters. The highest BCUT2D eigenvalue weighted by atomic mass is 16.6. The van der Waals surface area contributed by atoms with Gasteiger partial charge < -0.3 is 14.6 Å². The van der Waals surface area contributed by atoms with Gasteiger partial charge in [0.25, 0.3) is 6.41 Å². The van der Waals surface area contributed by atoms with E-state index in [1.54, 1.807) is 6.92 Å². The molecule has 1 aromatic rings. The number of benzene rings is 1. The Morgan fingerprint density at radius 3 is 2.84 bits per heavy atom. The zero-order chi connectivity index (χ0) is 13.7. The normalized spacial score (nSPS) is 18.1. The number of carbonyl (C=O) groups is 1. The average Bonchev–Trinajstić information content (AvgIpc) is 2.69. The van der Waals surface area contributed by atoms with E-state index in [-0.39, 0.29) is 18.9 Å². The van der Waals surface area contributed by atoms with E-state index in [9.17, 15) is 9.90 Å². The molecule has 1 aliphatic rings. The van der Waals surface area contributed by atoms with Gasteiger partial charge in [0.05, 0.1) is 6.61 Å². The van der Waals surface area contributed by atoms with Crippen LogP contribution in [0.25, 0.3) is 0 Å². The van der Waals surface area contributed by atoms with Gasteiger partial charge in [-0.05, 0) is 5.56 Å². The number of nitrogens with zero attached hydrogens (tertiary/aromatic N) is 2. The van der Waals surface area contributed by atoms with E-state index in [1.165, 1.54) is 5.01 Å². The summed E-state index contributed by atoms with van der Waals surface area (Å²) in [5.41, 5.74) is 1.01. The highest BCUT2D eigenvalue weighted by Crippen LogP contribution is 2.09. The number of aliphatic hydroxyl groups excluding tert-OH is 1. The van der Waals surface area contributed by atoms with Gasteiger partial charge in [-0.15, -0.1) is 5.10 Å². The number of ether oxygens (including phenoxy) is 2. The number of carbonyl (C=O) groups excluding carboxylic acids is 1. The van der Waals surface area contributed by atoms with Crippen LogP contribution in [0.3, 0.4) is 0 Å². The summed E-state index contributed by atoms with van der Waals surface area (Å²) in [5.74, 6) is 0.169. The molecule has 1 atom stereocenters. The van der Waals surface area contributed by atoms with Crippen LogP contribution in [0.15, 0.2) is 35.4 Å². The average molecular weight is 264 g/mol. The Balaban J connectivity index is 1.71. The van der Waals surface area contributed by atoms with Crippen molar-refractivity contribution in [2.75, 3.05) is 13.2 Å². The van der Waals surface area contributed by atoms with E-state index in [4.69, 9.17) is 9.47 Å². The van der Waals surface area contributed by atoms with Crippen molar-refractivity contribution >= 4 is 11.7 Å². The maximum absolute atomic E-state index is 11.6. The maximum Gasteiger partial charge on any atom is 0.298 e. The lowest BCUT2D eigenvalue weighted by molar-refractivity contribution is -0.142. The summed E-state index contributed by atoms with van der Waals surface area (Å²) in [7, 11) is 0. The van der Waals surface area contributed by atoms with Gasteiger partial charge in [-0.2, -0.15) is 0 Å². The molecule has 1 N–H and O–H groups in total. The van der Waals surface area contributed by atoms with Gasteiger partial charge >= 0.3 is 0 Å². The fourth-order valence-corrected chi connectivity index (χ4v) is 1.66. The number of hydrogen-bond acceptors (Lipinski definition) is 6. The standard InChI is InChI=1S/C13H16N2O4/c1-10-14-15(13(17)19-10)7-12(16)9-18-8-11-5-3-2-4-6-11/h2-6,13,17H,7-9H2,1H3. The van der Waals surface area contributed by atoms with Crippen LogP contribution < -0.4 is 0 Å². The number of Topliss-reactive ketones (excluding diaryl/α,β-unsaturated/α-hetero) is 1. The van der Waals surface area contributed by atoms with Crippen LogP contribution >= 0.6 is 0 Å². The van der Waals surface area contributed by atoms with Crippen molar-refractivity contribution in [2.45, 2.75) is 19.9 Å². The molecule has 0 fully saturated rings. The minimum Gasteiger partial charge on any atom is -0.431 e. The SMILES string of the molecule is CC1=NN(CC(=O)COCc2ccccc2)C(O)O1. The third kappa shape index (κ3) is 4.04. The van der Waals surface area contributed by atoms with Crippen molar-refractivity contribution in [3.05, 3.63) is 35.9 Å². The number of aliphatic hydroxyl groups is 1. The Labute approximate surface area is 111 Å². The fourth-order valence-electron chi connectivity index (χ4n) is 1.66. The second kappa shape index (κ2) is 6.31. The molecule has 0 spiro atoms. The lowest BCUT2D eigenvalue weighted by Crippen LogP contribution is -2.33. The molecule has 6 nitrogen and oxygen atoms in total. The fraction of sp³-hybridized carbons (Fsp3) is 0.385. The van der Waals surface area contributed by atoms with Crippen molar-refractivity contribution < 1.29 is 19.4 Å². The second-order valence-corrected chi connectivity index (χ2v) is 4.18. The van der Waals surface area contributed by atoms with Crippen LogP contribution in [0.1, 0.15) is 12.5 Å². The highest BCUT2D eigenvalue weighted by Gasteiger charge is 2.24. The van der Waals surface area contributed by atoms with Gasteiger partial charge in [0.15, 0.2) is 5.78 Å². The number of hydrogen-bond donors (Lipinski definition) is 1. The van der Waals surface area contributed by atoms with Gasteiger partial charge in [-0.25, -0.2) is 5.01 Å². The highest BCUT2D eigenvalue weighted by molar-refractivity contribution is 5.82. The molecule has 1 heterocycles. The smallest absolute Gasteiger partial charge is 0.298 e. The molecular weight excluding hydrogens is 248 g/mol. The van der Waals surface area contributed by atoms with E-state index < -0.39 is 6.41 Å². The molecule has 0 aromatic heterocycles. The van der Waals surface area contributed by atoms with E-state index >= 15 is 0 Å².